The summed E-state index contributed by atoms with van der Waals surface area (Å²) in [5.41, 5.74) is 1.34. The maximum Gasteiger partial charge on any atom is 0.290 e. The molecule has 1 aliphatic heterocycles. The summed E-state index contributed by atoms with van der Waals surface area (Å²) in [6, 6.07) is 0. The van der Waals surface area contributed by atoms with Gasteiger partial charge in [-0.1, -0.05) is 0 Å². The molecule has 21 heavy (non-hydrogen) atoms. The quantitative estimate of drug-likeness (QED) is 0.797. The van der Waals surface area contributed by atoms with Crippen LogP contribution in [-0.4, -0.2) is 41.9 Å². The van der Waals surface area contributed by atoms with Gasteiger partial charge in [-0.05, 0) is 27.2 Å². The second-order valence-corrected chi connectivity index (χ2v) is 6.10. The Morgan fingerprint density at radius 1 is 1.19 bits per heavy atom. The van der Waals surface area contributed by atoms with Gasteiger partial charge in [-0.2, -0.15) is 0 Å². The third-order valence-electron chi connectivity index (χ3n) is 4.21. The van der Waals surface area contributed by atoms with Crippen LogP contribution in [0.1, 0.15) is 58.9 Å². The zero-order chi connectivity index (χ0) is 15.1. The number of hydrogen-bond acceptors (Lipinski definition) is 4. The first kappa shape index (κ1) is 14.3. The summed E-state index contributed by atoms with van der Waals surface area (Å²) in [6.45, 7) is 6.84. The molecule has 0 spiro atoms. The normalized spacial score (nSPS) is 25.9. The Kier molecular flexibility index (Phi) is 3.61. The standard InChI is InChI=1S/C16H21NO4/c1-9-7-17(8-10(2)20-9)16(19)15-11(3)14-12(18)5-4-6-13(14)21-15/h9-10H,4-8H2,1-3H3/t9-,10-/m1/s1. The lowest BCUT2D eigenvalue weighted by Crippen LogP contribution is -2.48. The van der Waals surface area contributed by atoms with Gasteiger partial charge in [0, 0.05) is 31.5 Å². The van der Waals surface area contributed by atoms with E-state index in [0.717, 1.165) is 12.8 Å². The second-order valence-electron chi connectivity index (χ2n) is 6.10. The third kappa shape index (κ3) is 2.50. The van der Waals surface area contributed by atoms with Gasteiger partial charge >= 0.3 is 0 Å². The molecule has 1 saturated heterocycles. The molecular formula is C16H21NO4. The van der Waals surface area contributed by atoms with E-state index in [1.54, 1.807) is 4.90 Å². The summed E-state index contributed by atoms with van der Waals surface area (Å²) in [7, 11) is 0. The number of amides is 1. The molecule has 2 heterocycles. The first-order valence-electron chi connectivity index (χ1n) is 7.57. The Labute approximate surface area is 124 Å². The van der Waals surface area contributed by atoms with Crippen LogP contribution in [0.3, 0.4) is 0 Å². The number of ketones is 1. The smallest absolute Gasteiger partial charge is 0.290 e. The minimum Gasteiger partial charge on any atom is -0.455 e. The summed E-state index contributed by atoms with van der Waals surface area (Å²) in [6.07, 6.45) is 2.13. The highest BCUT2D eigenvalue weighted by Crippen LogP contribution is 2.30. The van der Waals surface area contributed by atoms with Crippen LogP contribution in [0.15, 0.2) is 4.42 Å². The highest BCUT2D eigenvalue weighted by atomic mass is 16.5. The van der Waals surface area contributed by atoms with Gasteiger partial charge in [0.1, 0.15) is 5.76 Å². The topological polar surface area (TPSA) is 59.8 Å². The molecule has 0 saturated carbocycles. The maximum atomic E-state index is 12.7. The molecule has 1 fully saturated rings. The number of hydrogen-bond donors (Lipinski definition) is 0. The summed E-state index contributed by atoms with van der Waals surface area (Å²) < 4.78 is 11.4. The van der Waals surface area contributed by atoms with Gasteiger partial charge in [0.05, 0.1) is 17.8 Å². The summed E-state index contributed by atoms with van der Waals surface area (Å²) >= 11 is 0. The first-order chi connectivity index (χ1) is 9.97. The first-order valence-corrected chi connectivity index (χ1v) is 7.57. The predicted molar refractivity (Wildman–Crippen MR) is 76.6 cm³/mol. The average molecular weight is 291 g/mol. The number of aryl methyl sites for hydroxylation is 1. The lowest BCUT2D eigenvalue weighted by atomic mass is 9.94. The number of ether oxygens (including phenoxy) is 1. The van der Waals surface area contributed by atoms with Crippen molar-refractivity contribution in [3.63, 3.8) is 0 Å². The van der Waals surface area contributed by atoms with Gasteiger partial charge in [-0.25, -0.2) is 0 Å². The maximum absolute atomic E-state index is 12.7. The van der Waals surface area contributed by atoms with Crippen molar-refractivity contribution < 1.29 is 18.7 Å². The monoisotopic (exact) mass is 291 g/mol. The Morgan fingerprint density at radius 2 is 1.86 bits per heavy atom. The molecule has 2 atom stereocenters. The summed E-state index contributed by atoms with van der Waals surface area (Å²) in [5, 5.41) is 0. The number of Topliss-reactive ketones (excluding diaryl/α,β-unsaturated/α-hetero) is 1. The Morgan fingerprint density at radius 3 is 2.48 bits per heavy atom. The summed E-state index contributed by atoms with van der Waals surface area (Å²) in [4.78, 5) is 26.5. The average Bonchev–Trinajstić information content (AvgIpc) is 2.75. The van der Waals surface area contributed by atoms with Crippen molar-refractivity contribution in [1.29, 1.82) is 0 Å². The van der Waals surface area contributed by atoms with E-state index >= 15 is 0 Å². The van der Waals surface area contributed by atoms with Crippen LogP contribution in [0.4, 0.5) is 0 Å². The van der Waals surface area contributed by atoms with E-state index in [0.29, 0.717) is 42.2 Å². The number of rotatable bonds is 1. The Bertz CT molecular complexity index is 579. The number of nitrogens with zero attached hydrogens (tertiary/aromatic N) is 1. The van der Waals surface area contributed by atoms with E-state index in [-0.39, 0.29) is 23.9 Å². The van der Waals surface area contributed by atoms with Crippen LogP contribution in [0, 0.1) is 6.92 Å². The highest BCUT2D eigenvalue weighted by molar-refractivity contribution is 6.03. The molecule has 0 N–H and O–H groups in total. The van der Waals surface area contributed by atoms with E-state index < -0.39 is 0 Å². The molecule has 1 aromatic rings. The molecule has 3 rings (SSSR count). The van der Waals surface area contributed by atoms with Crippen molar-refractivity contribution in [1.82, 2.24) is 4.90 Å². The van der Waals surface area contributed by atoms with Gasteiger partial charge in [-0.15, -0.1) is 0 Å². The third-order valence-corrected chi connectivity index (χ3v) is 4.21. The molecule has 5 nitrogen and oxygen atoms in total. The summed E-state index contributed by atoms with van der Waals surface area (Å²) in [5.74, 6) is 0.981. The predicted octanol–water partition coefficient (Wildman–Crippen LogP) is 2.36. The Hall–Kier alpha value is -1.62. The van der Waals surface area contributed by atoms with E-state index in [9.17, 15) is 9.59 Å². The van der Waals surface area contributed by atoms with Crippen LogP contribution < -0.4 is 0 Å². The van der Waals surface area contributed by atoms with Gasteiger partial charge in [0.15, 0.2) is 11.5 Å². The van der Waals surface area contributed by atoms with Gasteiger partial charge < -0.3 is 14.1 Å². The fourth-order valence-corrected chi connectivity index (χ4v) is 3.34. The van der Waals surface area contributed by atoms with Crippen molar-refractivity contribution in [2.24, 2.45) is 0 Å². The molecule has 1 amide bonds. The van der Waals surface area contributed by atoms with Crippen LogP contribution in [-0.2, 0) is 11.2 Å². The molecule has 0 radical (unpaired) electrons. The van der Waals surface area contributed by atoms with E-state index in [1.165, 1.54) is 0 Å². The molecule has 114 valence electrons. The zero-order valence-electron chi connectivity index (χ0n) is 12.8. The molecule has 1 aliphatic carbocycles. The number of carbonyl (C=O) groups is 2. The minimum absolute atomic E-state index is 0.0178. The van der Waals surface area contributed by atoms with E-state index in [1.807, 2.05) is 20.8 Å². The lowest BCUT2D eigenvalue weighted by Gasteiger charge is -2.34. The number of fused-ring (bicyclic) bond motifs is 1. The molecule has 1 aromatic heterocycles. The van der Waals surface area contributed by atoms with Crippen molar-refractivity contribution in [2.75, 3.05) is 13.1 Å². The largest absolute Gasteiger partial charge is 0.455 e. The highest BCUT2D eigenvalue weighted by Gasteiger charge is 2.33. The zero-order valence-corrected chi connectivity index (χ0v) is 12.8. The van der Waals surface area contributed by atoms with Gasteiger partial charge in [0.25, 0.3) is 5.91 Å². The second kappa shape index (κ2) is 5.30. The Balaban J connectivity index is 1.90. The lowest BCUT2D eigenvalue weighted by molar-refractivity contribution is -0.0592. The van der Waals surface area contributed by atoms with Crippen LogP contribution >= 0.6 is 0 Å². The molecule has 2 aliphatic rings. The van der Waals surface area contributed by atoms with Crippen molar-refractivity contribution >= 4 is 11.7 Å². The fraction of sp³-hybridized carbons (Fsp3) is 0.625. The van der Waals surface area contributed by atoms with Gasteiger partial charge in [0.2, 0.25) is 0 Å². The van der Waals surface area contributed by atoms with E-state index in [2.05, 4.69) is 0 Å². The van der Waals surface area contributed by atoms with Crippen LogP contribution in [0.25, 0.3) is 0 Å². The fourth-order valence-electron chi connectivity index (χ4n) is 3.34. The van der Waals surface area contributed by atoms with Crippen molar-refractivity contribution in [3.05, 3.63) is 22.6 Å². The molecule has 0 bridgehead atoms. The minimum atomic E-state index is -0.128. The van der Waals surface area contributed by atoms with Crippen LogP contribution in [0.2, 0.25) is 0 Å². The molecular weight excluding hydrogens is 270 g/mol. The molecule has 0 aromatic carbocycles. The van der Waals surface area contributed by atoms with Crippen molar-refractivity contribution in [3.8, 4) is 0 Å². The van der Waals surface area contributed by atoms with E-state index in [4.69, 9.17) is 9.15 Å². The number of morpholine rings is 1. The van der Waals surface area contributed by atoms with Crippen molar-refractivity contribution in [2.45, 2.75) is 52.2 Å². The SMILES string of the molecule is Cc1c(C(=O)N2C[C@@H](C)O[C@H](C)C2)oc2c1C(=O)CCC2. The number of carbonyl (C=O) groups excluding carboxylic acids is 2. The van der Waals surface area contributed by atoms with Gasteiger partial charge in [-0.3, -0.25) is 9.59 Å². The molecule has 0 unspecified atom stereocenters. The van der Waals surface area contributed by atoms with Crippen LogP contribution in [0.5, 0.6) is 0 Å². The number of furan rings is 1. The molecule has 5 heteroatoms.